The zero-order chi connectivity index (χ0) is 14.7. The number of aromatic nitrogens is 2. The van der Waals surface area contributed by atoms with Gasteiger partial charge in [0.05, 0.1) is 0 Å². The van der Waals surface area contributed by atoms with E-state index in [1.807, 2.05) is 31.3 Å². The molecular formula is C15H25N5S. The largest absolute Gasteiger partial charge is 0.363 e. The van der Waals surface area contributed by atoms with Gasteiger partial charge in [0.2, 0.25) is 5.95 Å². The number of rotatable bonds is 3. The van der Waals surface area contributed by atoms with Crippen molar-refractivity contribution in [3.8, 4) is 0 Å². The van der Waals surface area contributed by atoms with Crippen molar-refractivity contribution in [3.05, 3.63) is 12.3 Å². The minimum atomic E-state index is 0.763. The average Bonchev–Trinajstić information content (AvgIpc) is 2.56. The third kappa shape index (κ3) is 3.61. The van der Waals surface area contributed by atoms with Crippen LogP contribution in [0, 0.1) is 0 Å². The lowest BCUT2D eigenvalue weighted by Crippen LogP contribution is -2.48. The third-order valence-corrected chi connectivity index (χ3v) is 5.34. The number of hydrogen-bond acceptors (Lipinski definition) is 6. The Labute approximate surface area is 131 Å². The summed E-state index contributed by atoms with van der Waals surface area (Å²) in [4.78, 5) is 16.2. The van der Waals surface area contributed by atoms with Crippen molar-refractivity contribution in [3.63, 3.8) is 0 Å². The van der Waals surface area contributed by atoms with Gasteiger partial charge in [0.15, 0.2) is 0 Å². The van der Waals surface area contributed by atoms with Crippen LogP contribution in [0.2, 0.25) is 0 Å². The molecule has 2 aliphatic rings. The Bertz CT molecular complexity index is 453. The fraction of sp³-hybridized carbons (Fsp3) is 0.733. The fourth-order valence-electron chi connectivity index (χ4n) is 3.11. The van der Waals surface area contributed by atoms with E-state index in [0.717, 1.165) is 30.9 Å². The topological polar surface area (TPSA) is 35.5 Å². The predicted molar refractivity (Wildman–Crippen MR) is 90.5 cm³/mol. The first-order valence-corrected chi connectivity index (χ1v) is 8.96. The van der Waals surface area contributed by atoms with E-state index in [4.69, 9.17) is 0 Å². The Kier molecular flexibility index (Phi) is 4.85. The molecule has 0 aliphatic carbocycles. The smallest absolute Gasteiger partial charge is 0.227 e. The van der Waals surface area contributed by atoms with Crippen LogP contribution in [0.3, 0.4) is 0 Å². The van der Waals surface area contributed by atoms with Crippen molar-refractivity contribution in [1.82, 2.24) is 14.9 Å². The number of piperidine rings is 1. The maximum absolute atomic E-state index is 4.66. The van der Waals surface area contributed by atoms with Crippen LogP contribution in [-0.2, 0) is 0 Å². The molecule has 3 rings (SSSR count). The van der Waals surface area contributed by atoms with Crippen LogP contribution in [0.25, 0.3) is 0 Å². The van der Waals surface area contributed by atoms with Gasteiger partial charge in [-0.25, -0.2) is 4.98 Å². The van der Waals surface area contributed by atoms with Crippen LogP contribution >= 0.6 is 11.8 Å². The molecule has 0 unspecified atom stereocenters. The molecule has 1 aromatic rings. The van der Waals surface area contributed by atoms with E-state index in [1.165, 1.54) is 37.4 Å². The van der Waals surface area contributed by atoms with E-state index < -0.39 is 0 Å². The van der Waals surface area contributed by atoms with Gasteiger partial charge in [-0.3, -0.25) is 4.90 Å². The van der Waals surface area contributed by atoms with Crippen LogP contribution in [0.1, 0.15) is 12.8 Å². The summed E-state index contributed by atoms with van der Waals surface area (Å²) in [5, 5.41) is 0. The third-order valence-electron chi connectivity index (χ3n) is 4.40. The van der Waals surface area contributed by atoms with Crippen molar-refractivity contribution in [2.75, 3.05) is 61.6 Å². The van der Waals surface area contributed by atoms with Gasteiger partial charge in [-0.05, 0) is 18.9 Å². The summed E-state index contributed by atoms with van der Waals surface area (Å²) < 4.78 is 0. The summed E-state index contributed by atoms with van der Waals surface area (Å²) >= 11 is 2.09. The zero-order valence-corrected chi connectivity index (χ0v) is 13.8. The second-order valence-corrected chi connectivity index (χ2v) is 7.20. The molecule has 0 radical (unpaired) electrons. The van der Waals surface area contributed by atoms with Crippen LogP contribution < -0.4 is 9.80 Å². The number of hydrogen-bond donors (Lipinski definition) is 0. The highest BCUT2D eigenvalue weighted by Crippen LogP contribution is 2.23. The molecule has 21 heavy (non-hydrogen) atoms. The van der Waals surface area contributed by atoms with Gasteiger partial charge in [-0.2, -0.15) is 16.7 Å². The summed E-state index contributed by atoms with van der Waals surface area (Å²) in [7, 11) is 4.04. The minimum absolute atomic E-state index is 0.763. The Morgan fingerprint density at radius 2 is 1.86 bits per heavy atom. The molecule has 0 amide bonds. The molecule has 2 aliphatic heterocycles. The molecule has 6 heteroatoms. The highest BCUT2D eigenvalue weighted by molar-refractivity contribution is 7.99. The monoisotopic (exact) mass is 307 g/mol. The average molecular weight is 307 g/mol. The molecule has 5 nitrogen and oxygen atoms in total. The minimum Gasteiger partial charge on any atom is -0.363 e. The second-order valence-electron chi connectivity index (χ2n) is 5.98. The van der Waals surface area contributed by atoms with Crippen LogP contribution in [0.5, 0.6) is 0 Å². The lowest BCUT2D eigenvalue weighted by molar-refractivity contribution is 0.185. The number of nitrogens with zero attached hydrogens (tertiary/aromatic N) is 5. The molecule has 3 heterocycles. The first-order valence-electron chi connectivity index (χ1n) is 7.81. The van der Waals surface area contributed by atoms with Crippen molar-refractivity contribution < 1.29 is 0 Å². The molecule has 0 bridgehead atoms. The summed E-state index contributed by atoms with van der Waals surface area (Å²) in [6.45, 7) is 4.68. The van der Waals surface area contributed by atoms with Gasteiger partial charge in [0, 0.05) is 64.0 Å². The summed E-state index contributed by atoms with van der Waals surface area (Å²) in [5.74, 6) is 4.46. The van der Waals surface area contributed by atoms with Crippen molar-refractivity contribution >= 4 is 23.5 Å². The maximum Gasteiger partial charge on any atom is 0.227 e. The predicted octanol–water partition coefficient (Wildman–Crippen LogP) is 1.56. The van der Waals surface area contributed by atoms with Crippen molar-refractivity contribution in [2.45, 2.75) is 18.9 Å². The van der Waals surface area contributed by atoms with Gasteiger partial charge in [0.25, 0.3) is 0 Å². The van der Waals surface area contributed by atoms with Gasteiger partial charge in [-0.15, -0.1) is 0 Å². The van der Waals surface area contributed by atoms with Crippen molar-refractivity contribution in [1.29, 1.82) is 0 Å². The Hall–Kier alpha value is -1.01. The Morgan fingerprint density at radius 3 is 2.52 bits per heavy atom. The molecular weight excluding hydrogens is 282 g/mol. The van der Waals surface area contributed by atoms with Crippen LogP contribution in [0.4, 0.5) is 11.8 Å². The first kappa shape index (κ1) is 14.9. The highest BCUT2D eigenvalue weighted by Gasteiger charge is 2.26. The molecule has 2 saturated heterocycles. The molecule has 1 aromatic heterocycles. The molecule has 0 aromatic carbocycles. The number of anilines is 2. The van der Waals surface area contributed by atoms with E-state index >= 15 is 0 Å². The summed E-state index contributed by atoms with van der Waals surface area (Å²) in [6, 6.07) is 2.72. The van der Waals surface area contributed by atoms with E-state index in [0.29, 0.717) is 0 Å². The maximum atomic E-state index is 4.66. The van der Waals surface area contributed by atoms with Gasteiger partial charge in [0.1, 0.15) is 5.82 Å². The highest BCUT2D eigenvalue weighted by atomic mass is 32.2. The lowest BCUT2D eigenvalue weighted by Gasteiger charge is -2.40. The van der Waals surface area contributed by atoms with E-state index in [1.54, 1.807) is 0 Å². The first-order chi connectivity index (χ1) is 10.2. The molecule has 0 atom stereocenters. The van der Waals surface area contributed by atoms with Crippen molar-refractivity contribution in [2.24, 2.45) is 0 Å². The summed E-state index contributed by atoms with van der Waals surface area (Å²) in [5.41, 5.74) is 0. The Balaban J connectivity index is 1.59. The normalized spacial score (nSPS) is 21.5. The van der Waals surface area contributed by atoms with Gasteiger partial charge in [-0.1, -0.05) is 0 Å². The lowest BCUT2D eigenvalue weighted by atomic mass is 10.0. The number of thioether (sulfide) groups is 1. The molecule has 0 N–H and O–H groups in total. The standard InChI is InChI=1S/C15H25N5S/c1-18(2)14-3-6-16-15(17-14)20-7-4-13(5-8-20)19-9-11-21-12-10-19/h3,6,13H,4-5,7-12H2,1-2H3. The second kappa shape index (κ2) is 6.83. The summed E-state index contributed by atoms with van der Waals surface area (Å²) in [6.07, 6.45) is 4.34. The van der Waals surface area contributed by atoms with Crippen LogP contribution in [0.15, 0.2) is 12.3 Å². The quantitative estimate of drug-likeness (QED) is 0.843. The SMILES string of the molecule is CN(C)c1ccnc(N2CCC(N3CCSCC3)CC2)n1. The van der Waals surface area contributed by atoms with E-state index in [2.05, 4.69) is 31.5 Å². The van der Waals surface area contributed by atoms with E-state index in [9.17, 15) is 0 Å². The van der Waals surface area contributed by atoms with Gasteiger partial charge < -0.3 is 9.80 Å². The van der Waals surface area contributed by atoms with Crippen LogP contribution in [-0.4, -0.2) is 72.7 Å². The Morgan fingerprint density at radius 1 is 1.14 bits per heavy atom. The molecule has 2 fully saturated rings. The molecule has 116 valence electrons. The van der Waals surface area contributed by atoms with Gasteiger partial charge >= 0.3 is 0 Å². The van der Waals surface area contributed by atoms with E-state index in [-0.39, 0.29) is 0 Å². The molecule has 0 saturated carbocycles. The fourth-order valence-corrected chi connectivity index (χ4v) is 4.05. The molecule has 0 spiro atoms. The zero-order valence-electron chi connectivity index (χ0n) is 13.0.